The standard InChI is InChI=1S/C29H26N4O4/c1-36-27-17-21(11-12-31-27)23-15-24(32-29(35)37-19-20-7-3-2-4-8-20)28(34)26(16-23)33-14-13-30-18-22-9-5-6-10-25(22)33/h2-12,15-18,26H,13-14,19H2,1H3,(H,32,35). The van der Waals surface area contributed by atoms with Crippen LogP contribution in [0.2, 0.25) is 0 Å². The number of fused-ring (bicyclic) bond motifs is 1. The van der Waals surface area contributed by atoms with Crippen LogP contribution in [-0.4, -0.2) is 49.3 Å². The Morgan fingerprint density at radius 2 is 1.92 bits per heavy atom. The lowest BCUT2D eigenvalue weighted by Gasteiger charge is -2.33. The Balaban J connectivity index is 1.47. The lowest BCUT2D eigenvalue weighted by Crippen LogP contribution is -2.46. The Kier molecular flexibility index (Phi) is 7.07. The number of aromatic nitrogens is 1. The number of para-hydroxylation sites is 1. The van der Waals surface area contributed by atoms with Gasteiger partial charge in [-0.2, -0.15) is 0 Å². The average molecular weight is 495 g/mol. The van der Waals surface area contributed by atoms with Gasteiger partial charge in [0.15, 0.2) is 0 Å². The number of hydrogen-bond donors (Lipinski definition) is 1. The fraction of sp³-hybridized carbons (Fsp3) is 0.172. The number of ether oxygens (including phenoxy) is 2. The van der Waals surface area contributed by atoms with E-state index < -0.39 is 12.1 Å². The number of anilines is 1. The lowest BCUT2D eigenvalue weighted by molar-refractivity contribution is -0.116. The van der Waals surface area contributed by atoms with Crippen LogP contribution in [0, 0.1) is 0 Å². The molecular formula is C29H26N4O4. The van der Waals surface area contributed by atoms with Crippen LogP contribution >= 0.6 is 0 Å². The van der Waals surface area contributed by atoms with Crippen LogP contribution < -0.4 is 15.0 Å². The number of nitrogens with zero attached hydrogens (tertiary/aromatic N) is 3. The first kappa shape index (κ1) is 24.0. The SMILES string of the molecule is COc1cc(C2=CC(N3CCN=Cc4ccccc43)C(=O)C(NC(=O)OCc3ccccc3)=C2)ccn1. The molecule has 0 spiro atoms. The summed E-state index contributed by atoms with van der Waals surface area (Å²) in [7, 11) is 1.55. The van der Waals surface area contributed by atoms with Gasteiger partial charge >= 0.3 is 6.09 Å². The van der Waals surface area contributed by atoms with Gasteiger partial charge in [-0.15, -0.1) is 0 Å². The third-order valence-corrected chi connectivity index (χ3v) is 6.18. The van der Waals surface area contributed by atoms with Gasteiger partial charge in [-0.1, -0.05) is 48.5 Å². The number of ketones is 1. The highest BCUT2D eigenvalue weighted by Gasteiger charge is 2.33. The molecule has 1 aliphatic carbocycles. The van der Waals surface area contributed by atoms with Gasteiger partial charge in [0.2, 0.25) is 11.7 Å². The number of amides is 1. The second-order valence-corrected chi connectivity index (χ2v) is 8.55. The maximum Gasteiger partial charge on any atom is 0.412 e. The molecule has 1 N–H and O–H groups in total. The van der Waals surface area contributed by atoms with Crippen LogP contribution in [0.5, 0.6) is 5.88 Å². The molecule has 186 valence electrons. The van der Waals surface area contributed by atoms with Gasteiger partial charge in [-0.25, -0.2) is 9.78 Å². The van der Waals surface area contributed by atoms with E-state index in [0.29, 0.717) is 19.0 Å². The Bertz CT molecular complexity index is 1400. The average Bonchev–Trinajstić information content (AvgIpc) is 3.16. The van der Waals surface area contributed by atoms with E-state index in [4.69, 9.17) is 9.47 Å². The molecule has 1 aromatic heterocycles. The molecule has 5 rings (SSSR count). The van der Waals surface area contributed by atoms with Crippen molar-refractivity contribution in [3.05, 3.63) is 107 Å². The molecule has 0 saturated heterocycles. The predicted octanol–water partition coefficient (Wildman–Crippen LogP) is 4.17. The van der Waals surface area contributed by atoms with Gasteiger partial charge in [0.1, 0.15) is 12.6 Å². The zero-order valence-corrected chi connectivity index (χ0v) is 20.3. The molecule has 0 bridgehead atoms. The van der Waals surface area contributed by atoms with Crippen molar-refractivity contribution in [3.8, 4) is 5.88 Å². The van der Waals surface area contributed by atoms with Crippen molar-refractivity contribution in [3.63, 3.8) is 0 Å². The number of hydrogen-bond acceptors (Lipinski definition) is 7. The third-order valence-electron chi connectivity index (χ3n) is 6.18. The molecule has 0 radical (unpaired) electrons. The zero-order chi connectivity index (χ0) is 25.6. The first-order valence-corrected chi connectivity index (χ1v) is 11.9. The molecular weight excluding hydrogens is 468 g/mol. The zero-order valence-electron chi connectivity index (χ0n) is 20.3. The third kappa shape index (κ3) is 5.43. The molecule has 2 heterocycles. The number of rotatable bonds is 6. The maximum absolute atomic E-state index is 13.8. The molecule has 0 fully saturated rings. The summed E-state index contributed by atoms with van der Waals surface area (Å²) >= 11 is 0. The fourth-order valence-corrected chi connectivity index (χ4v) is 4.35. The van der Waals surface area contributed by atoms with Crippen molar-refractivity contribution in [2.24, 2.45) is 4.99 Å². The van der Waals surface area contributed by atoms with E-state index in [0.717, 1.165) is 28.0 Å². The van der Waals surface area contributed by atoms with Crippen LogP contribution in [0.25, 0.3) is 5.57 Å². The largest absolute Gasteiger partial charge is 0.481 e. The summed E-state index contributed by atoms with van der Waals surface area (Å²) in [5.41, 5.74) is 4.40. The Hall–Kier alpha value is -4.72. The molecule has 1 aliphatic heterocycles. The van der Waals surface area contributed by atoms with Crippen LogP contribution in [0.3, 0.4) is 0 Å². The topological polar surface area (TPSA) is 93.1 Å². The predicted molar refractivity (Wildman–Crippen MR) is 142 cm³/mol. The highest BCUT2D eigenvalue weighted by Crippen LogP contribution is 2.31. The number of benzene rings is 2. The molecule has 3 aromatic rings. The normalized spacial score (nSPS) is 16.7. The molecule has 8 nitrogen and oxygen atoms in total. The molecule has 1 unspecified atom stereocenters. The van der Waals surface area contributed by atoms with Gasteiger partial charge in [0.05, 0.1) is 19.4 Å². The number of carbonyl (C=O) groups excluding carboxylic acids is 2. The minimum Gasteiger partial charge on any atom is -0.481 e. The van der Waals surface area contributed by atoms with Gasteiger partial charge in [0, 0.05) is 36.3 Å². The Morgan fingerprint density at radius 1 is 1.11 bits per heavy atom. The molecule has 2 aromatic carbocycles. The highest BCUT2D eigenvalue weighted by molar-refractivity contribution is 6.10. The summed E-state index contributed by atoms with van der Waals surface area (Å²) in [6.45, 7) is 1.17. The first-order chi connectivity index (χ1) is 18.1. The minimum absolute atomic E-state index is 0.0959. The van der Waals surface area contributed by atoms with Crippen molar-refractivity contribution in [1.29, 1.82) is 0 Å². The Morgan fingerprint density at radius 3 is 2.76 bits per heavy atom. The number of benzodiazepines with no additional fused rings is 1. The highest BCUT2D eigenvalue weighted by atomic mass is 16.5. The molecule has 1 atom stereocenters. The molecule has 1 amide bonds. The van der Waals surface area contributed by atoms with Crippen molar-refractivity contribution in [2.45, 2.75) is 12.6 Å². The fourth-order valence-electron chi connectivity index (χ4n) is 4.35. The first-order valence-electron chi connectivity index (χ1n) is 11.9. The number of allylic oxidation sites excluding steroid dienone is 2. The van der Waals surface area contributed by atoms with Crippen LogP contribution in [0.1, 0.15) is 16.7 Å². The number of nitrogens with one attached hydrogen (secondary N) is 1. The van der Waals surface area contributed by atoms with Gasteiger partial charge in [-0.05, 0) is 41.0 Å². The summed E-state index contributed by atoms with van der Waals surface area (Å²) < 4.78 is 10.7. The van der Waals surface area contributed by atoms with Crippen molar-refractivity contribution >= 4 is 29.4 Å². The van der Waals surface area contributed by atoms with E-state index in [2.05, 4.69) is 15.3 Å². The maximum atomic E-state index is 13.8. The van der Waals surface area contributed by atoms with E-state index in [1.54, 1.807) is 25.4 Å². The number of aliphatic imine (C=N–C) groups is 1. The van der Waals surface area contributed by atoms with E-state index >= 15 is 0 Å². The van der Waals surface area contributed by atoms with E-state index in [9.17, 15) is 9.59 Å². The summed E-state index contributed by atoms with van der Waals surface area (Å²) in [6, 6.07) is 20.2. The van der Waals surface area contributed by atoms with Crippen LogP contribution in [0.4, 0.5) is 10.5 Å². The van der Waals surface area contributed by atoms with Crippen molar-refractivity contribution in [1.82, 2.24) is 10.3 Å². The molecule has 8 heteroatoms. The van der Waals surface area contributed by atoms with Crippen molar-refractivity contribution in [2.75, 3.05) is 25.1 Å². The number of pyridine rings is 1. The molecule has 37 heavy (non-hydrogen) atoms. The van der Waals surface area contributed by atoms with E-state index in [-0.39, 0.29) is 18.1 Å². The number of carbonyl (C=O) groups is 2. The van der Waals surface area contributed by atoms with Gasteiger partial charge < -0.3 is 14.4 Å². The van der Waals surface area contributed by atoms with Crippen molar-refractivity contribution < 1.29 is 19.1 Å². The second-order valence-electron chi connectivity index (χ2n) is 8.55. The quantitative estimate of drug-likeness (QED) is 0.553. The van der Waals surface area contributed by atoms with E-state index in [1.165, 1.54) is 0 Å². The summed E-state index contributed by atoms with van der Waals surface area (Å²) in [6.07, 6.45) is 6.34. The molecule has 2 aliphatic rings. The second kappa shape index (κ2) is 10.9. The lowest BCUT2D eigenvalue weighted by atomic mass is 9.92. The summed E-state index contributed by atoms with van der Waals surface area (Å²) in [5, 5.41) is 2.68. The van der Waals surface area contributed by atoms with Gasteiger partial charge in [0.25, 0.3) is 0 Å². The number of Topliss-reactive ketones (excluding diaryl/α,β-unsaturated/α-hetero) is 1. The summed E-state index contributed by atoms with van der Waals surface area (Å²) in [5.74, 6) is 0.212. The minimum atomic E-state index is -0.699. The van der Waals surface area contributed by atoms with Gasteiger partial charge in [-0.3, -0.25) is 15.1 Å². The monoisotopic (exact) mass is 494 g/mol. The van der Waals surface area contributed by atoms with Crippen LogP contribution in [-0.2, 0) is 16.1 Å². The smallest absolute Gasteiger partial charge is 0.412 e. The number of methoxy groups -OCH3 is 1. The number of alkyl carbamates (subject to hydrolysis) is 1. The van der Waals surface area contributed by atoms with E-state index in [1.807, 2.05) is 77.9 Å². The molecule has 0 saturated carbocycles. The summed E-state index contributed by atoms with van der Waals surface area (Å²) in [4.78, 5) is 37.1. The van der Waals surface area contributed by atoms with Crippen LogP contribution in [0.15, 0.2) is 95.8 Å². The Labute approximate surface area is 215 Å².